The summed E-state index contributed by atoms with van der Waals surface area (Å²) in [5.74, 6) is 1.92. The average molecular weight is 394 g/mol. The molecule has 1 aromatic carbocycles. The van der Waals surface area contributed by atoms with Gasteiger partial charge in [-0.15, -0.1) is 6.42 Å². The average Bonchev–Trinajstić information content (AvgIpc) is 3.18. The molecule has 2 fully saturated rings. The van der Waals surface area contributed by atoms with Crippen molar-refractivity contribution in [1.29, 1.82) is 0 Å². The fraction of sp³-hybridized carbons (Fsp3) is 0.500. The molecule has 0 amide bonds. The first-order valence-corrected chi connectivity index (χ1v) is 9.96. The quantitative estimate of drug-likeness (QED) is 0.566. The molecule has 4 atom stereocenters. The zero-order valence-electron chi connectivity index (χ0n) is 17.5. The Morgan fingerprint density at radius 2 is 1.76 bits per heavy atom. The van der Waals surface area contributed by atoms with Crippen molar-refractivity contribution in [1.82, 2.24) is 0 Å². The molecule has 5 nitrogen and oxygen atoms in total. The first-order chi connectivity index (χ1) is 13.6. The smallest absolute Gasteiger partial charge is 0.421 e. The lowest BCUT2D eigenvalue weighted by molar-refractivity contribution is -0.122. The number of carbonyl (C=O) groups excluding carboxylic acids is 2. The highest BCUT2D eigenvalue weighted by molar-refractivity contribution is 6.26. The van der Waals surface area contributed by atoms with Crippen LogP contribution in [0.25, 0.3) is 5.57 Å². The summed E-state index contributed by atoms with van der Waals surface area (Å²) in [6, 6.07) is 4.08. The van der Waals surface area contributed by atoms with E-state index in [0.29, 0.717) is 11.3 Å². The second kappa shape index (κ2) is 6.47. The molecular weight excluding hydrogens is 368 g/mol. The second-order valence-electron chi connectivity index (χ2n) is 8.90. The topological polar surface area (TPSA) is 61.8 Å². The van der Waals surface area contributed by atoms with Gasteiger partial charge in [-0.05, 0) is 64.2 Å². The molecule has 152 valence electrons. The number of ketones is 1. The molecule has 0 N–H and O–H groups in total. The number of terminal acetylenes is 1. The first kappa shape index (κ1) is 19.7. The van der Waals surface area contributed by atoms with E-state index < -0.39 is 17.4 Å². The Kier molecular flexibility index (Phi) is 4.40. The normalized spacial score (nSPS) is 32.3. The predicted molar refractivity (Wildman–Crippen MR) is 108 cm³/mol. The van der Waals surface area contributed by atoms with E-state index in [0.717, 1.165) is 35.1 Å². The van der Waals surface area contributed by atoms with Crippen LogP contribution in [0.1, 0.15) is 48.9 Å². The lowest BCUT2D eigenvalue weighted by Gasteiger charge is -2.31. The highest BCUT2D eigenvalue weighted by Gasteiger charge is 2.70. The third-order valence-corrected chi connectivity index (χ3v) is 6.68. The molecule has 0 radical (unpaired) electrons. The number of benzene rings is 1. The fourth-order valence-electron chi connectivity index (χ4n) is 5.72. The summed E-state index contributed by atoms with van der Waals surface area (Å²) in [5.41, 5.74) is 3.29. The van der Waals surface area contributed by atoms with Gasteiger partial charge in [0.05, 0.1) is 28.6 Å². The molecular formula is C24H26O5. The number of hydrogen-bond acceptors (Lipinski definition) is 5. The maximum Gasteiger partial charge on any atom is 0.514 e. The van der Waals surface area contributed by atoms with E-state index in [1.54, 1.807) is 0 Å². The number of rotatable bonds is 3. The summed E-state index contributed by atoms with van der Waals surface area (Å²) < 4.78 is 17.0. The van der Waals surface area contributed by atoms with E-state index in [1.807, 2.05) is 46.8 Å². The molecule has 1 aromatic rings. The van der Waals surface area contributed by atoms with Gasteiger partial charge in [0.1, 0.15) is 5.76 Å². The minimum atomic E-state index is -0.886. The van der Waals surface area contributed by atoms with Crippen LogP contribution < -0.4 is 0 Å². The SMILES string of the molecule is C#CCOC(=O)OC1=C(c2c(C)cc(C)cc2C)C(=O)[C@@H]2[C@H]1[C@@]1(C)CC[C@]2(C)O1. The molecule has 2 saturated heterocycles. The highest BCUT2D eigenvalue weighted by Crippen LogP contribution is 2.64. The number of hydrogen-bond donors (Lipinski definition) is 0. The van der Waals surface area contributed by atoms with E-state index in [9.17, 15) is 9.59 Å². The molecule has 2 heterocycles. The molecule has 1 aliphatic carbocycles. The summed E-state index contributed by atoms with van der Waals surface area (Å²) in [7, 11) is 0. The van der Waals surface area contributed by atoms with E-state index >= 15 is 0 Å². The van der Waals surface area contributed by atoms with Gasteiger partial charge in [0.2, 0.25) is 0 Å². The monoisotopic (exact) mass is 394 g/mol. The minimum absolute atomic E-state index is 0.0178. The summed E-state index contributed by atoms with van der Waals surface area (Å²) in [6.07, 6.45) is 5.92. The van der Waals surface area contributed by atoms with Crippen LogP contribution in [0.5, 0.6) is 0 Å². The first-order valence-electron chi connectivity index (χ1n) is 9.96. The molecule has 3 aliphatic rings. The van der Waals surface area contributed by atoms with Crippen LogP contribution in [-0.4, -0.2) is 29.7 Å². The Morgan fingerprint density at radius 1 is 1.17 bits per heavy atom. The Labute approximate surface area is 171 Å². The van der Waals surface area contributed by atoms with E-state index in [1.165, 1.54) is 0 Å². The van der Waals surface area contributed by atoms with Crippen LogP contribution in [0.3, 0.4) is 0 Å². The molecule has 0 aromatic heterocycles. The molecule has 2 bridgehead atoms. The lowest BCUT2D eigenvalue weighted by atomic mass is 9.68. The predicted octanol–water partition coefficient (Wildman–Crippen LogP) is 4.27. The summed E-state index contributed by atoms with van der Waals surface area (Å²) in [5, 5.41) is 0. The third-order valence-electron chi connectivity index (χ3n) is 6.68. The molecule has 4 rings (SSSR count). The van der Waals surface area contributed by atoms with Crippen LogP contribution in [0.4, 0.5) is 4.79 Å². The van der Waals surface area contributed by atoms with Crippen molar-refractivity contribution in [3.63, 3.8) is 0 Å². The van der Waals surface area contributed by atoms with Crippen molar-refractivity contribution in [2.75, 3.05) is 6.61 Å². The van der Waals surface area contributed by atoms with E-state index in [2.05, 4.69) is 5.92 Å². The number of ether oxygens (including phenoxy) is 3. The number of fused-ring (bicyclic) bond motifs is 5. The van der Waals surface area contributed by atoms with Gasteiger partial charge < -0.3 is 14.2 Å². The van der Waals surface area contributed by atoms with Gasteiger partial charge in [0.25, 0.3) is 0 Å². The zero-order valence-corrected chi connectivity index (χ0v) is 17.5. The van der Waals surface area contributed by atoms with Gasteiger partial charge in [0.15, 0.2) is 12.4 Å². The maximum atomic E-state index is 13.7. The molecule has 29 heavy (non-hydrogen) atoms. The van der Waals surface area contributed by atoms with Crippen LogP contribution in [-0.2, 0) is 19.0 Å². The Morgan fingerprint density at radius 3 is 2.34 bits per heavy atom. The van der Waals surface area contributed by atoms with Crippen LogP contribution >= 0.6 is 0 Å². The second-order valence-corrected chi connectivity index (χ2v) is 8.90. The van der Waals surface area contributed by atoms with Crippen LogP contribution in [0.2, 0.25) is 0 Å². The molecule has 2 aliphatic heterocycles. The number of allylic oxidation sites excluding steroid dienone is 1. The number of aryl methyl sites for hydroxylation is 3. The van der Waals surface area contributed by atoms with Crippen molar-refractivity contribution in [2.24, 2.45) is 11.8 Å². The maximum absolute atomic E-state index is 13.7. The Bertz CT molecular complexity index is 974. The van der Waals surface area contributed by atoms with Gasteiger partial charge in [0, 0.05) is 0 Å². The summed E-state index contributed by atoms with van der Waals surface area (Å²) in [6.45, 7) is 9.79. The van der Waals surface area contributed by atoms with Crippen molar-refractivity contribution < 1.29 is 23.8 Å². The van der Waals surface area contributed by atoms with Gasteiger partial charge in [-0.25, -0.2) is 4.79 Å². The van der Waals surface area contributed by atoms with Gasteiger partial charge >= 0.3 is 6.16 Å². The summed E-state index contributed by atoms with van der Waals surface area (Å²) >= 11 is 0. The van der Waals surface area contributed by atoms with Crippen molar-refractivity contribution in [3.05, 3.63) is 40.1 Å². The highest BCUT2D eigenvalue weighted by atomic mass is 16.7. The lowest BCUT2D eigenvalue weighted by Crippen LogP contribution is -2.40. The third kappa shape index (κ3) is 2.81. The number of carbonyl (C=O) groups is 2. The molecule has 0 saturated carbocycles. The van der Waals surface area contributed by atoms with Gasteiger partial charge in [-0.1, -0.05) is 23.6 Å². The summed E-state index contributed by atoms with van der Waals surface area (Å²) in [4.78, 5) is 26.0. The van der Waals surface area contributed by atoms with E-state index in [-0.39, 0.29) is 24.2 Å². The van der Waals surface area contributed by atoms with Gasteiger partial charge in [-0.2, -0.15) is 0 Å². The zero-order chi connectivity index (χ0) is 21.1. The van der Waals surface area contributed by atoms with Crippen molar-refractivity contribution in [2.45, 2.75) is 58.7 Å². The van der Waals surface area contributed by atoms with Crippen LogP contribution in [0.15, 0.2) is 17.9 Å². The van der Waals surface area contributed by atoms with Crippen molar-refractivity contribution >= 4 is 17.5 Å². The minimum Gasteiger partial charge on any atom is -0.421 e. The van der Waals surface area contributed by atoms with E-state index in [4.69, 9.17) is 20.6 Å². The number of Topliss-reactive ketones (excluding diaryl/α,β-unsaturated/α-hetero) is 1. The van der Waals surface area contributed by atoms with Gasteiger partial charge in [-0.3, -0.25) is 4.79 Å². The molecule has 0 spiro atoms. The standard InChI is InChI=1S/C24H26O5/c1-7-10-27-22(26)28-21-17(16-14(3)11-13(2)12-15(16)4)20(25)18-19(21)24(6)9-8-23(18,5)29-24/h1,11-12,18-19H,8-10H2,2-6H3/t18-,19+,23-,24+/m0/s1. The molecule has 5 heteroatoms. The van der Waals surface area contributed by atoms with Crippen molar-refractivity contribution in [3.8, 4) is 12.3 Å². The fourth-order valence-corrected chi connectivity index (χ4v) is 5.72. The molecule has 0 unspecified atom stereocenters. The van der Waals surface area contributed by atoms with Crippen LogP contribution in [0, 0.1) is 45.0 Å². The largest absolute Gasteiger partial charge is 0.514 e. The Balaban J connectivity index is 1.89. The Hall–Kier alpha value is -2.58.